The number of aliphatic hydroxyl groups excluding tert-OH is 1. The number of nitrogens with one attached hydrogen (secondary N) is 4. The van der Waals surface area contributed by atoms with E-state index in [1.165, 1.54) is 0 Å². The largest absolute Gasteiger partial charge is 0.383 e. The number of amides is 2. The summed E-state index contributed by atoms with van der Waals surface area (Å²) in [5.74, 6) is -0.861. The maximum absolute atomic E-state index is 12.8. The number of hydrogen-bond acceptors (Lipinski definition) is 9. The lowest BCUT2D eigenvalue weighted by Crippen LogP contribution is -2.54. The molecule has 0 aliphatic heterocycles. The molecule has 1 heterocycles. The van der Waals surface area contributed by atoms with Gasteiger partial charge in [0.05, 0.1) is 51.0 Å². The van der Waals surface area contributed by atoms with Crippen molar-refractivity contribution in [1.82, 2.24) is 20.8 Å². The summed E-state index contributed by atoms with van der Waals surface area (Å²) < 4.78 is 17.8. The molecule has 280 valence electrons. The first-order valence-corrected chi connectivity index (χ1v) is 18.4. The highest BCUT2D eigenvalue weighted by Gasteiger charge is 2.28. The zero-order chi connectivity index (χ0) is 37.1. The number of nitrogens with zero attached hydrogens (tertiary/aromatic N) is 1. The Balaban J connectivity index is 1.01. The molecule has 2 amide bonds. The SMILES string of the molecule is CC(C)CC(NC(=O)C(O)C(N)Cc1ccccc1)C(=O)NCCOCCOCCOCCNc1ccc(-c2cc(-c3cccc(Br)c3)n[nH]2)cc1. The van der Waals surface area contributed by atoms with Crippen molar-refractivity contribution in [2.75, 3.05) is 58.0 Å². The number of anilines is 1. The van der Waals surface area contributed by atoms with Gasteiger partial charge in [0.25, 0.3) is 5.91 Å². The number of halogens is 1. The van der Waals surface area contributed by atoms with Crippen molar-refractivity contribution in [3.63, 3.8) is 0 Å². The van der Waals surface area contributed by atoms with E-state index in [2.05, 4.69) is 42.1 Å². The van der Waals surface area contributed by atoms with Gasteiger partial charge in [-0.3, -0.25) is 14.7 Å². The molecule has 4 rings (SSSR count). The zero-order valence-electron chi connectivity index (χ0n) is 29.9. The number of carbonyl (C=O) groups excluding carboxylic acids is 2. The molecule has 7 N–H and O–H groups in total. The highest BCUT2D eigenvalue weighted by Crippen LogP contribution is 2.26. The first-order valence-electron chi connectivity index (χ1n) is 17.6. The molecule has 0 spiro atoms. The van der Waals surface area contributed by atoms with Crippen LogP contribution in [0.15, 0.2) is 89.4 Å². The predicted molar refractivity (Wildman–Crippen MR) is 207 cm³/mol. The maximum Gasteiger partial charge on any atom is 0.251 e. The van der Waals surface area contributed by atoms with Gasteiger partial charge >= 0.3 is 0 Å². The average molecular weight is 780 g/mol. The lowest BCUT2D eigenvalue weighted by atomic mass is 10.00. The fraction of sp³-hybridized carbons (Fsp3) is 0.410. The summed E-state index contributed by atoms with van der Waals surface area (Å²) >= 11 is 3.51. The van der Waals surface area contributed by atoms with E-state index in [4.69, 9.17) is 19.9 Å². The fourth-order valence-electron chi connectivity index (χ4n) is 5.36. The quantitative estimate of drug-likeness (QED) is 0.0592. The van der Waals surface area contributed by atoms with E-state index < -0.39 is 24.1 Å². The van der Waals surface area contributed by atoms with E-state index in [0.717, 1.165) is 38.2 Å². The van der Waals surface area contributed by atoms with Crippen LogP contribution in [0.4, 0.5) is 5.69 Å². The molecule has 0 radical (unpaired) electrons. The van der Waals surface area contributed by atoms with Crippen LogP contribution in [0, 0.1) is 5.92 Å². The minimum absolute atomic E-state index is 0.143. The summed E-state index contributed by atoms with van der Waals surface area (Å²) in [6.07, 6.45) is -0.688. The van der Waals surface area contributed by atoms with Crippen molar-refractivity contribution in [1.29, 1.82) is 0 Å². The van der Waals surface area contributed by atoms with Gasteiger partial charge in [0, 0.05) is 34.9 Å². The summed E-state index contributed by atoms with van der Waals surface area (Å²) in [5.41, 5.74) is 11.9. The molecule has 0 fully saturated rings. The molecule has 3 aromatic carbocycles. The third kappa shape index (κ3) is 14.1. The lowest BCUT2D eigenvalue weighted by Gasteiger charge is -2.24. The number of aromatic nitrogens is 2. The van der Waals surface area contributed by atoms with Crippen molar-refractivity contribution in [2.45, 2.75) is 44.9 Å². The van der Waals surface area contributed by atoms with Crippen LogP contribution in [0.3, 0.4) is 0 Å². The maximum atomic E-state index is 12.8. The van der Waals surface area contributed by atoms with Gasteiger partial charge in [0.1, 0.15) is 12.1 Å². The Morgan fingerprint density at radius 3 is 2.17 bits per heavy atom. The highest BCUT2D eigenvalue weighted by molar-refractivity contribution is 9.10. The summed E-state index contributed by atoms with van der Waals surface area (Å²) in [5, 5.41) is 26.9. The molecule has 0 saturated heterocycles. The number of ether oxygens (including phenoxy) is 3. The van der Waals surface area contributed by atoms with Crippen molar-refractivity contribution >= 4 is 33.4 Å². The second-order valence-electron chi connectivity index (χ2n) is 12.8. The Morgan fingerprint density at radius 2 is 1.50 bits per heavy atom. The molecule has 3 atom stereocenters. The minimum atomic E-state index is -1.44. The molecule has 0 bridgehead atoms. The third-order valence-electron chi connectivity index (χ3n) is 8.09. The molecule has 3 unspecified atom stereocenters. The topological polar surface area (TPSA) is 173 Å². The monoisotopic (exact) mass is 778 g/mol. The molecule has 0 aliphatic rings. The Labute approximate surface area is 314 Å². The summed E-state index contributed by atoms with van der Waals surface area (Å²) in [4.78, 5) is 25.6. The first kappa shape index (κ1) is 40.7. The number of carbonyl (C=O) groups is 2. The standard InChI is InChI=1S/C39H51BrN6O6/c1-27(2)23-36(44-39(49)37(47)33(41)24-28-7-4-3-5-8-28)38(48)43-16-18-51-20-22-52-21-19-50-17-15-42-32-13-11-29(12-14-32)34-26-35(46-45-34)30-9-6-10-31(40)25-30/h3-14,25-27,33,36-37,42,47H,15-24,41H2,1-2H3,(H,43,48)(H,44,49)(H,45,46). The molecule has 4 aromatic rings. The van der Waals surface area contributed by atoms with Gasteiger partial charge in [0.2, 0.25) is 5.91 Å². The van der Waals surface area contributed by atoms with Gasteiger partial charge in [-0.1, -0.05) is 84.4 Å². The van der Waals surface area contributed by atoms with Crippen molar-refractivity contribution in [2.24, 2.45) is 11.7 Å². The second kappa shape index (κ2) is 22.1. The van der Waals surface area contributed by atoms with Crippen LogP contribution in [0.25, 0.3) is 22.5 Å². The smallest absolute Gasteiger partial charge is 0.251 e. The molecular formula is C39H51BrN6O6. The third-order valence-corrected chi connectivity index (χ3v) is 8.58. The van der Waals surface area contributed by atoms with Crippen LogP contribution in [0.5, 0.6) is 0 Å². The first-order chi connectivity index (χ1) is 25.2. The number of aromatic amines is 1. The number of hydrogen-bond donors (Lipinski definition) is 6. The van der Waals surface area contributed by atoms with Crippen molar-refractivity contribution in [3.05, 3.63) is 95.0 Å². The average Bonchev–Trinajstić information content (AvgIpc) is 3.64. The number of H-pyrrole nitrogens is 1. The van der Waals surface area contributed by atoms with Crippen LogP contribution in [-0.2, 0) is 30.2 Å². The van der Waals surface area contributed by atoms with Gasteiger partial charge in [0.15, 0.2) is 0 Å². The van der Waals surface area contributed by atoms with Gasteiger partial charge in [-0.2, -0.15) is 5.10 Å². The van der Waals surface area contributed by atoms with Gasteiger partial charge in [-0.05, 0) is 60.2 Å². The normalized spacial score (nSPS) is 13.0. The van der Waals surface area contributed by atoms with Crippen LogP contribution >= 0.6 is 15.9 Å². The summed E-state index contributed by atoms with van der Waals surface area (Å²) in [6, 6.07) is 26.1. The minimum Gasteiger partial charge on any atom is -0.383 e. The van der Waals surface area contributed by atoms with Gasteiger partial charge in [-0.15, -0.1) is 0 Å². The Hall–Kier alpha value is -4.11. The van der Waals surface area contributed by atoms with Crippen LogP contribution in [0.1, 0.15) is 25.8 Å². The zero-order valence-corrected chi connectivity index (χ0v) is 31.4. The highest BCUT2D eigenvalue weighted by atomic mass is 79.9. The van der Waals surface area contributed by atoms with E-state index in [-0.39, 0.29) is 18.4 Å². The molecular weight excluding hydrogens is 728 g/mol. The van der Waals surface area contributed by atoms with E-state index >= 15 is 0 Å². The second-order valence-corrected chi connectivity index (χ2v) is 13.7. The van der Waals surface area contributed by atoms with Gasteiger partial charge < -0.3 is 41.0 Å². The van der Waals surface area contributed by atoms with E-state index in [0.29, 0.717) is 59.0 Å². The van der Waals surface area contributed by atoms with E-state index in [1.54, 1.807) is 0 Å². The summed E-state index contributed by atoms with van der Waals surface area (Å²) in [6.45, 7) is 7.35. The van der Waals surface area contributed by atoms with Crippen molar-refractivity contribution < 1.29 is 28.9 Å². The lowest BCUT2D eigenvalue weighted by molar-refractivity contribution is -0.135. The molecule has 0 aliphatic carbocycles. The number of benzene rings is 3. The summed E-state index contributed by atoms with van der Waals surface area (Å²) in [7, 11) is 0. The predicted octanol–water partition coefficient (Wildman–Crippen LogP) is 4.55. The Kier molecular flexibility index (Phi) is 17.3. The Morgan fingerprint density at radius 1 is 0.827 bits per heavy atom. The van der Waals surface area contributed by atoms with E-state index in [1.807, 2.05) is 98.8 Å². The molecule has 1 aromatic heterocycles. The molecule has 13 heteroatoms. The fourth-order valence-corrected chi connectivity index (χ4v) is 5.76. The van der Waals surface area contributed by atoms with Gasteiger partial charge in [-0.25, -0.2) is 0 Å². The number of rotatable bonds is 23. The number of aliphatic hydroxyl groups is 1. The van der Waals surface area contributed by atoms with Crippen LogP contribution < -0.4 is 21.7 Å². The van der Waals surface area contributed by atoms with Crippen LogP contribution in [0.2, 0.25) is 0 Å². The Bertz CT molecular complexity index is 1640. The van der Waals surface area contributed by atoms with Crippen LogP contribution in [-0.4, -0.2) is 98.0 Å². The molecule has 52 heavy (non-hydrogen) atoms. The molecule has 12 nitrogen and oxygen atoms in total. The molecule has 0 saturated carbocycles. The van der Waals surface area contributed by atoms with Crippen molar-refractivity contribution in [3.8, 4) is 22.5 Å². The number of nitrogens with two attached hydrogens (primary N) is 1. The van der Waals surface area contributed by atoms with E-state index in [9.17, 15) is 14.7 Å².